The summed E-state index contributed by atoms with van der Waals surface area (Å²) in [4.78, 5) is 25.6. The highest BCUT2D eigenvalue weighted by atomic mass is 19.1. The van der Waals surface area contributed by atoms with Gasteiger partial charge in [0.25, 0.3) is 5.56 Å². The number of fused-ring (bicyclic) bond motifs is 3. The van der Waals surface area contributed by atoms with Gasteiger partial charge in [-0.25, -0.2) is 4.39 Å². The molecule has 0 bridgehead atoms. The summed E-state index contributed by atoms with van der Waals surface area (Å²) in [6.45, 7) is 1.49. The van der Waals surface area contributed by atoms with Gasteiger partial charge >= 0.3 is 0 Å². The van der Waals surface area contributed by atoms with Crippen LogP contribution in [0.5, 0.6) is 0 Å². The predicted octanol–water partition coefficient (Wildman–Crippen LogP) is 2.46. The SMILES string of the molecule is O=C(CCc1nnc2n(Cc3ccc(F)cc3)c(=O)c3ccccc3n12)NCC1CCCO1. The number of aryl methyl sites for hydroxylation is 1. The summed E-state index contributed by atoms with van der Waals surface area (Å²) in [5.41, 5.74) is 1.26. The Morgan fingerprint density at radius 3 is 2.76 bits per heavy atom. The molecule has 1 N–H and O–H groups in total. The fraction of sp³-hybridized carbons (Fsp3) is 0.333. The predicted molar refractivity (Wildman–Crippen MR) is 121 cm³/mol. The highest BCUT2D eigenvalue weighted by Gasteiger charge is 2.19. The molecule has 9 heteroatoms. The summed E-state index contributed by atoms with van der Waals surface area (Å²) in [5.74, 6) is 0.572. The first kappa shape index (κ1) is 21.3. The number of nitrogens with one attached hydrogen (secondary N) is 1. The molecule has 1 amide bonds. The number of hydrogen-bond acceptors (Lipinski definition) is 5. The van der Waals surface area contributed by atoms with Gasteiger partial charge in [-0.2, -0.15) is 0 Å². The highest BCUT2D eigenvalue weighted by Crippen LogP contribution is 2.17. The molecular formula is C24H24FN5O3. The average Bonchev–Trinajstić information content (AvgIpc) is 3.50. The van der Waals surface area contributed by atoms with Crippen molar-refractivity contribution < 1.29 is 13.9 Å². The van der Waals surface area contributed by atoms with E-state index in [1.54, 1.807) is 24.3 Å². The Hall–Kier alpha value is -3.59. The number of nitrogens with zero attached hydrogens (tertiary/aromatic N) is 4. The quantitative estimate of drug-likeness (QED) is 0.468. The minimum Gasteiger partial charge on any atom is -0.376 e. The Labute approximate surface area is 189 Å². The van der Waals surface area contributed by atoms with E-state index in [1.165, 1.54) is 16.7 Å². The van der Waals surface area contributed by atoms with E-state index in [0.29, 0.717) is 35.5 Å². The maximum Gasteiger partial charge on any atom is 0.263 e. The number of carbonyl (C=O) groups excluding carboxylic acids is 1. The van der Waals surface area contributed by atoms with E-state index in [9.17, 15) is 14.0 Å². The lowest BCUT2D eigenvalue weighted by atomic mass is 10.2. The smallest absolute Gasteiger partial charge is 0.263 e. The van der Waals surface area contributed by atoms with Gasteiger partial charge < -0.3 is 10.1 Å². The highest BCUT2D eigenvalue weighted by molar-refractivity contribution is 5.80. The number of carbonyl (C=O) groups is 1. The van der Waals surface area contributed by atoms with Gasteiger partial charge in [-0.3, -0.25) is 18.6 Å². The Kier molecular flexibility index (Phi) is 5.87. The first-order valence-electron chi connectivity index (χ1n) is 11.1. The van der Waals surface area contributed by atoms with Crippen molar-refractivity contribution in [2.75, 3.05) is 13.2 Å². The van der Waals surface area contributed by atoms with Crippen molar-refractivity contribution in [2.24, 2.45) is 0 Å². The zero-order valence-corrected chi connectivity index (χ0v) is 18.0. The van der Waals surface area contributed by atoms with Crippen LogP contribution in [0.3, 0.4) is 0 Å². The van der Waals surface area contributed by atoms with Crippen LogP contribution < -0.4 is 10.9 Å². The Balaban J connectivity index is 1.45. The van der Waals surface area contributed by atoms with E-state index in [4.69, 9.17) is 4.74 Å². The molecule has 1 unspecified atom stereocenters. The number of hydrogen-bond donors (Lipinski definition) is 1. The fourth-order valence-corrected chi connectivity index (χ4v) is 4.24. The van der Waals surface area contributed by atoms with E-state index >= 15 is 0 Å². The van der Waals surface area contributed by atoms with Gasteiger partial charge in [0.05, 0.1) is 23.6 Å². The van der Waals surface area contributed by atoms with Gasteiger partial charge in [0.15, 0.2) is 0 Å². The summed E-state index contributed by atoms with van der Waals surface area (Å²) >= 11 is 0. The molecule has 33 heavy (non-hydrogen) atoms. The van der Waals surface area contributed by atoms with Crippen LogP contribution >= 0.6 is 0 Å². The largest absolute Gasteiger partial charge is 0.376 e. The van der Waals surface area contributed by atoms with Crippen molar-refractivity contribution in [1.82, 2.24) is 24.5 Å². The second kappa shape index (κ2) is 9.11. The van der Waals surface area contributed by atoms with Gasteiger partial charge in [-0.05, 0) is 42.7 Å². The zero-order chi connectivity index (χ0) is 22.8. The Morgan fingerprint density at radius 1 is 1.15 bits per heavy atom. The topological polar surface area (TPSA) is 90.5 Å². The summed E-state index contributed by atoms with van der Waals surface area (Å²) in [5, 5.41) is 12.0. The summed E-state index contributed by atoms with van der Waals surface area (Å²) in [7, 11) is 0. The molecule has 1 aliphatic heterocycles. The van der Waals surface area contributed by atoms with Gasteiger partial charge in [-0.1, -0.05) is 24.3 Å². The molecule has 1 fully saturated rings. The number of ether oxygens (including phenoxy) is 1. The van der Waals surface area contributed by atoms with Crippen molar-refractivity contribution in [3.05, 3.63) is 76.1 Å². The Bertz CT molecular complexity index is 1360. The zero-order valence-electron chi connectivity index (χ0n) is 18.0. The number of aromatic nitrogens is 4. The van der Waals surface area contributed by atoms with Crippen LogP contribution in [0.4, 0.5) is 4.39 Å². The molecule has 0 aliphatic carbocycles. The Morgan fingerprint density at radius 2 is 1.97 bits per heavy atom. The van der Waals surface area contributed by atoms with Crippen molar-refractivity contribution in [1.29, 1.82) is 0 Å². The van der Waals surface area contributed by atoms with Crippen LogP contribution in [-0.2, 0) is 22.5 Å². The van der Waals surface area contributed by atoms with Crippen LogP contribution in [-0.4, -0.2) is 44.3 Å². The number of rotatable bonds is 7. The number of benzene rings is 2. The number of amides is 1. The molecule has 1 saturated heterocycles. The van der Waals surface area contributed by atoms with Crippen LogP contribution in [0.2, 0.25) is 0 Å². The lowest BCUT2D eigenvalue weighted by molar-refractivity contribution is -0.121. The number of halogens is 1. The molecule has 1 atom stereocenters. The number of para-hydroxylation sites is 1. The van der Waals surface area contributed by atoms with E-state index in [0.717, 1.165) is 25.0 Å². The van der Waals surface area contributed by atoms with E-state index in [2.05, 4.69) is 15.5 Å². The molecular weight excluding hydrogens is 425 g/mol. The third-order valence-corrected chi connectivity index (χ3v) is 5.96. The van der Waals surface area contributed by atoms with Gasteiger partial charge in [0, 0.05) is 26.0 Å². The summed E-state index contributed by atoms with van der Waals surface area (Å²) < 4.78 is 22.2. The van der Waals surface area contributed by atoms with E-state index in [-0.39, 0.29) is 36.4 Å². The molecule has 170 valence electrons. The molecule has 1 aliphatic rings. The monoisotopic (exact) mass is 449 g/mol. The van der Waals surface area contributed by atoms with Gasteiger partial charge in [-0.15, -0.1) is 10.2 Å². The standard InChI is InChI=1S/C24H24FN5O3/c25-17-9-7-16(8-10-17)15-29-23(32)19-5-1-2-6-20(19)30-21(27-28-24(29)30)11-12-22(31)26-14-18-4-3-13-33-18/h1-2,5-10,18H,3-4,11-15H2,(H,26,31). The lowest BCUT2D eigenvalue weighted by Gasteiger charge is -2.12. The van der Waals surface area contributed by atoms with E-state index in [1.807, 2.05) is 16.5 Å². The molecule has 2 aromatic carbocycles. The van der Waals surface area contributed by atoms with Crippen LogP contribution in [0.1, 0.15) is 30.7 Å². The van der Waals surface area contributed by atoms with Gasteiger partial charge in [0.1, 0.15) is 11.6 Å². The second-order valence-corrected chi connectivity index (χ2v) is 8.23. The maximum absolute atomic E-state index is 13.3. The molecule has 0 saturated carbocycles. The van der Waals surface area contributed by atoms with Crippen molar-refractivity contribution in [3.8, 4) is 0 Å². The molecule has 4 aromatic rings. The summed E-state index contributed by atoms with van der Waals surface area (Å²) in [6.07, 6.45) is 2.70. The fourth-order valence-electron chi connectivity index (χ4n) is 4.24. The third-order valence-electron chi connectivity index (χ3n) is 5.96. The second-order valence-electron chi connectivity index (χ2n) is 8.23. The van der Waals surface area contributed by atoms with Crippen molar-refractivity contribution in [3.63, 3.8) is 0 Å². The molecule has 5 rings (SSSR count). The normalized spacial score (nSPS) is 16.0. The first-order chi connectivity index (χ1) is 16.1. The first-order valence-corrected chi connectivity index (χ1v) is 11.1. The molecule has 0 spiro atoms. The molecule has 8 nitrogen and oxygen atoms in total. The van der Waals surface area contributed by atoms with Crippen molar-refractivity contribution >= 4 is 22.6 Å². The average molecular weight is 449 g/mol. The van der Waals surface area contributed by atoms with Crippen LogP contribution in [0, 0.1) is 5.82 Å². The van der Waals surface area contributed by atoms with Crippen molar-refractivity contribution in [2.45, 2.75) is 38.3 Å². The van der Waals surface area contributed by atoms with Gasteiger partial charge in [0.2, 0.25) is 11.7 Å². The minimum absolute atomic E-state index is 0.0776. The third kappa shape index (κ3) is 4.36. The van der Waals surface area contributed by atoms with Crippen LogP contribution in [0.15, 0.2) is 53.3 Å². The summed E-state index contributed by atoms with van der Waals surface area (Å²) in [6, 6.07) is 13.3. The maximum atomic E-state index is 13.3. The van der Waals surface area contributed by atoms with Crippen LogP contribution in [0.25, 0.3) is 16.7 Å². The lowest BCUT2D eigenvalue weighted by Crippen LogP contribution is -2.32. The van der Waals surface area contributed by atoms with E-state index < -0.39 is 0 Å². The minimum atomic E-state index is -0.336. The molecule has 0 radical (unpaired) electrons. The molecule has 3 heterocycles. The molecule has 2 aromatic heterocycles.